The number of benzene rings is 2. The Hall–Kier alpha value is -2.53. The van der Waals surface area contributed by atoms with Crippen molar-refractivity contribution in [3.05, 3.63) is 64.5 Å². The number of aromatic nitrogens is 2. The lowest BCUT2D eigenvalue weighted by atomic mass is 10.0. The molecule has 22 heavy (non-hydrogen) atoms. The Balaban J connectivity index is 2.21. The van der Waals surface area contributed by atoms with Crippen molar-refractivity contribution in [2.75, 3.05) is 7.11 Å². The van der Waals surface area contributed by atoms with Gasteiger partial charge in [-0.1, -0.05) is 18.2 Å². The fourth-order valence-corrected chi connectivity index (χ4v) is 2.42. The molecule has 0 atom stereocenters. The molecule has 1 heterocycles. The standard InChI is InChI=1S/C17H15FN2O2/c1-20-16(10-22-2)19-15-9-12(6-7-14(15)17(20)21)11-4-3-5-13(18)8-11/h3-9H,10H2,1-2H3. The van der Waals surface area contributed by atoms with Crippen molar-refractivity contribution in [2.24, 2.45) is 7.05 Å². The maximum Gasteiger partial charge on any atom is 0.261 e. The van der Waals surface area contributed by atoms with Crippen molar-refractivity contribution in [2.45, 2.75) is 6.61 Å². The Bertz CT molecular complexity index is 903. The predicted molar refractivity (Wildman–Crippen MR) is 83.1 cm³/mol. The maximum atomic E-state index is 13.4. The lowest BCUT2D eigenvalue weighted by Gasteiger charge is -2.09. The summed E-state index contributed by atoms with van der Waals surface area (Å²) in [5.74, 6) is 0.256. The van der Waals surface area contributed by atoms with Crippen LogP contribution in [0.1, 0.15) is 5.82 Å². The average molecular weight is 298 g/mol. The van der Waals surface area contributed by atoms with E-state index < -0.39 is 0 Å². The van der Waals surface area contributed by atoms with E-state index in [1.165, 1.54) is 16.7 Å². The van der Waals surface area contributed by atoms with Gasteiger partial charge in [0.25, 0.3) is 5.56 Å². The van der Waals surface area contributed by atoms with Gasteiger partial charge < -0.3 is 4.74 Å². The highest BCUT2D eigenvalue weighted by Crippen LogP contribution is 2.23. The van der Waals surface area contributed by atoms with E-state index >= 15 is 0 Å². The fourth-order valence-electron chi connectivity index (χ4n) is 2.42. The Labute approximate surface area is 126 Å². The number of nitrogens with zero attached hydrogens (tertiary/aromatic N) is 2. The largest absolute Gasteiger partial charge is 0.377 e. The quantitative estimate of drug-likeness (QED) is 0.747. The molecule has 3 rings (SSSR count). The summed E-state index contributed by atoms with van der Waals surface area (Å²) in [4.78, 5) is 16.8. The smallest absolute Gasteiger partial charge is 0.261 e. The SMILES string of the molecule is COCc1nc2cc(-c3cccc(F)c3)ccc2c(=O)n1C. The molecule has 0 radical (unpaired) electrons. The first kappa shape index (κ1) is 14.4. The van der Waals surface area contributed by atoms with E-state index in [1.807, 2.05) is 6.07 Å². The predicted octanol–water partition coefficient (Wildman–Crippen LogP) is 2.89. The first-order chi connectivity index (χ1) is 10.6. The molecule has 0 amide bonds. The molecule has 4 nitrogen and oxygen atoms in total. The number of rotatable bonds is 3. The number of ether oxygens (including phenoxy) is 1. The fraction of sp³-hybridized carbons (Fsp3) is 0.176. The molecule has 0 aliphatic carbocycles. The van der Waals surface area contributed by atoms with E-state index in [0.717, 1.165) is 11.1 Å². The molecule has 0 spiro atoms. The molecule has 0 saturated heterocycles. The number of hydrogen-bond donors (Lipinski definition) is 0. The highest BCUT2D eigenvalue weighted by molar-refractivity contribution is 5.83. The van der Waals surface area contributed by atoms with Gasteiger partial charge in [-0.05, 0) is 35.4 Å². The second kappa shape index (κ2) is 5.69. The second-order valence-corrected chi connectivity index (χ2v) is 5.07. The van der Waals surface area contributed by atoms with Gasteiger partial charge >= 0.3 is 0 Å². The summed E-state index contributed by atoms with van der Waals surface area (Å²) >= 11 is 0. The summed E-state index contributed by atoms with van der Waals surface area (Å²) in [5.41, 5.74) is 2.02. The zero-order valence-corrected chi connectivity index (χ0v) is 12.3. The minimum atomic E-state index is -0.297. The van der Waals surface area contributed by atoms with Gasteiger partial charge in [0.2, 0.25) is 0 Å². The van der Waals surface area contributed by atoms with Gasteiger partial charge in [0, 0.05) is 14.2 Å². The third-order valence-electron chi connectivity index (χ3n) is 3.60. The molecule has 2 aromatic carbocycles. The summed E-state index contributed by atoms with van der Waals surface area (Å²) in [6.45, 7) is 0.256. The summed E-state index contributed by atoms with van der Waals surface area (Å²) in [5, 5.41) is 0.530. The Morgan fingerprint density at radius 2 is 1.95 bits per heavy atom. The summed E-state index contributed by atoms with van der Waals surface area (Å²) in [6, 6.07) is 11.7. The van der Waals surface area contributed by atoms with E-state index in [1.54, 1.807) is 38.4 Å². The van der Waals surface area contributed by atoms with Crippen LogP contribution in [0.3, 0.4) is 0 Å². The summed E-state index contributed by atoms with van der Waals surface area (Å²) < 4.78 is 19.9. The molecule has 0 aliphatic rings. The Morgan fingerprint density at radius 1 is 1.18 bits per heavy atom. The van der Waals surface area contributed by atoms with Crippen LogP contribution < -0.4 is 5.56 Å². The van der Waals surface area contributed by atoms with E-state index in [0.29, 0.717) is 16.7 Å². The second-order valence-electron chi connectivity index (χ2n) is 5.07. The van der Waals surface area contributed by atoms with Gasteiger partial charge in [-0.15, -0.1) is 0 Å². The average Bonchev–Trinajstić information content (AvgIpc) is 2.52. The molecule has 0 saturated carbocycles. The van der Waals surface area contributed by atoms with E-state index in [2.05, 4.69) is 4.98 Å². The van der Waals surface area contributed by atoms with Crippen LogP contribution in [0.4, 0.5) is 4.39 Å². The van der Waals surface area contributed by atoms with Gasteiger partial charge in [-0.2, -0.15) is 0 Å². The molecule has 3 aromatic rings. The van der Waals surface area contributed by atoms with Crippen LogP contribution in [0.5, 0.6) is 0 Å². The highest BCUT2D eigenvalue weighted by atomic mass is 19.1. The lowest BCUT2D eigenvalue weighted by molar-refractivity contribution is 0.174. The summed E-state index contributed by atoms with van der Waals surface area (Å²) in [6.07, 6.45) is 0. The molecule has 0 fully saturated rings. The maximum absolute atomic E-state index is 13.4. The van der Waals surface area contributed by atoms with Crippen LogP contribution in [0.15, 0.2) is 47.3 Å². The molecular formula is C17H15FN2O2. The number of halogens is 1. The molecule has 0 unspecified atom stereocenters. The third kappa shape index (κ3) is 2.51. The molecule has 0 aliphatic heterocycles. The summed E-state index contributed by atoms with van der Waals surface area (Å²) in [7, 11) is 3.23. The van der Waals surface area contributed by atoms with Crippen molar-refractivity contribution in [1.29, 1.82) is 0 Å². The van der Waals surface area contributed by atoms with Crippen LogP contribution in [0.25, 0.3) is 22.0 Å². The lowest BCUT2D eigenvalue weighted by Crippen LogP contribution is -2.22. The number of fused-ring (bicyclic) bond motifs is 1. The van der Waals surface area contributed by atoms with Gasteiger partial charge in [0.15, 0.2) is 0 Å². The van der Waals surface area contributed by atoms with Crippen LogP contribution in [0, 0.1) is 5.82 Å². The molecule has 5 heteroatoms. The molecule has 0 N–H and O–H groups in total. The molecular weight excluding hydrogens is 283 g/mol. The van der Waals surface area contributed by atoms with Crippen LogP contribution in [-0.2, 0) is 18.4 Å². The molecule has 0 bridgehead atoms. The topological polar surface area (TPSA) is 44.1 Å². The van der Waals surface area contributed by atoms with E-state index in [4.69, 9.17) is 4.74 Å². The third-order valence-corrected chi connectivity index (χ3v) is 3.60. The minimum absolute atomic E-state index is 0.122. The normalized spacial score (nSPS) is 11.0. The molecule has 1 aromatic heterocycles. The zero-order chi connectivity index (χ0) is 15.7. The zero-order valence-electron chi connectivity index (χ0n) is 12.3. The van der Waals surface area contributed by atoms with Crippen molar-refractivity contribution in [3.63, 3.8) is 0 Å². The van der Waals surface area contributed by atoms with E-state index in [9.17, 15) is 9.18 Å². The Morgan fingerprint density at radius 3 is 2.68 bits per heavy atom. The van der Waals surface area contributed by atoms with Crippen molar-refractivity contribution >= 4 is 10.9 Å². The van der Waals surface area contributed by atoms with Crippen LogP contribution in [-0.4, -0.2) is 16.7 Å². The highest BCUT2D eigenvalue weighted by Gasteiger charge is 2.09. The molecule has 112 valence electrons. The Kier molecular flexibility index (Phi) is 3.73. The van der Waals surface area contributed by atoms with Crippen LogP contribution >= 0.6 is 0 Å². The monoisotopic (exact) mass is 298 g/mol. The van der Waals surface area contributed by atoms with Gasteiger partial charge in [-0.25, -0.2) is 9.37 Å². The van der Waals surface area contributed by atoms with Gasteiger partial charge in [-0.3, -0.25) is 9.36 Å². The van der Waals surface area contributed by atoms with Crippen molar-refractivity contribution in [1.82, 2.24) is 9.55 Å². The number of methoxy groups -OCH3 is 1. The van der Waals surface area contributed by atoms with E-state index in [-0.39, 0.29) is 18.0 Å². The van der Waals surface area contributed by atoms with Crippen LogP contribution in [0.2, 0.25) is 0 Å². The number of hydrogen-bond acceptors (Lipinski definition) is 3. The minimum Gasteiger partial charge on any atom is -0.377 e. The van der Waals surface area contributed by atoms with Crippen molar-refractivity contribution in [3.8, 4) is 11.1 Å². The van der Waals surface area contributed by atoms with Crippen molar-refractivity contribution < 1.29 is 9.13 Å². The first-order valence-corrected chi connectivity index (χ1v) is 6.84. The van der Waals surface area contributed by atoms with Gasteiger partial charge in [0.1, 0.15) is 18.2 Å². The first-order valence-electron chi connectivity index (χ1n) is 6.84. The van der Waals surface area contributed by atoms with Gasteiger partial charge in [0.05, 0.1) is 10.9 Å².